The van der Waals surface area contributed by atoms with Crippen molar-refractivity contribution in [2.45, 2.75) is 30.3 Å². The molecule has 5 nitrogen and oxygen atoms in total. The Kier molecular flexibility index (Phi) is 2.71. The molecule has 1 aliphatic carbocycles. The maximum absolute atomic E-state index is 12.8. The Balaban J connectivity index is 1.72. The third-order valence-corrected chi connectivity index (χ3v) is 7.03. The quantitative estimate of drug-likeness (QED) is 0.824. The summed E-state index contributed by atoms with van der Waals surface area (Å²) in [6.07, 6.45) is 5.00. The molecule has 0 aromatic carbocycles. The van der Waals surface area contributed by atoms with Gasteiger partial charge in [-0.3, -0.25) is 0 Å². The second-order valence-electron chi connectivity index (χ2n) is 6.15. The van der Waals surface area contributed by atoms with E-state index in [-0.39, 0.29) is 16.5 Å². The Labute approximate surface area is 119 Å². The Morgan fingerprint density at radius 3 is 2.80 bits per heavy atom. The second-order valence-corrected chi connectivity index (χ2v) is 7.98. The van der Waals surface area contributed by atoms with Gasteiger partial charge in [-0.1, -0.05) is 12.5 Å². The number of pyridine rings is 1. The highest BCUT2D eigenvalue weighted by Gasteiger charge is 2.60. The highest BCUT2D eigenvalue weighted by atomic mass is 32.2. The summed E-state index contributed by atoms with van der Waals surface area (Å²) in [6, 6.07) is 5.03. The number of nitrogens with zero attached hydrogens (tertiary/aromatic N) is 2. The van der Waals surface area contributed by atoms with Crippen molar-refractivity contribution < 1.29 is 13.2 Å². The van der Waals surface area contributed by atoms with Gasteiger partial charge in [0.1, 0.15) is 0 Å². The highest BCUT2D eigenvalue weighted by molar-refractivity contribution is 7.89. The van der Waals surface area contributed by atoms with Gasteiger partial charge >= 0.3 is 0 Å². The van der Waals surface area contributed by atoms with Crippen LogP contribution in [0.15, 0.2) is 29.4 Å². The molecule has 1 aromatic rings. The van der Waals surface area contributed by atoms with Crippen molar-refractivity contribution in [1.82, 2.24) is 9.29 Å². The lowest BCUT2D eigenvalue weighted by molar-refractivity contribution is 0.0601. The number of ether oxygens (including phenoxy) is 1. The summed E-state index contributed by atoms with van der Waals surface area (Å²) in [5.41, 5.74) is 0.170. The van der Waals surface area contributed by atoms with Crippen molar-refractivity contribution in [3.8, 4) is 0 Å². The van der Waals surface area contributed by atoms with Crippen molar-refractivity contribution in [3.63, 3.8) is 0 Å². The molecule has 3 fully saturated rings. The van der Waals surface area contributed by atoms with Crippen LogP contribution in [0.4, 0.5) is 0 Å². The SMILES string of the molecule is O=S(=O)(c1ccccn1)N1CC2(CCC2)[C@H]2COC[C@@H]21. The van der Waals surface area contributed by atoms with E-state index in [9.17, 15) is 8.42 Å². The first-order valence-corrected chi connectivity index (χ1v) is 8.58. The van der Waals surface area contributed by atoms with E-state index in [1.165, 1.54) is 12.6 Å². The average Bonchev–Trinajstić information content (AvgIpc) is 2.98. The molecule has 2 aliphatic heterocycles. The summed E-state index contributed by atoms with van der Waals surface area (Å²) in [4.78, 5) is 4.03. The van der Waals surface area contributed by atoms with Gasteiger partial charge in [0.05, 0.1) is 19.3 Å². The smallest absolute Gasteiger partial charge is 0.260 e. The summed E-state index contributed by atoms with van der Waals surface area (Å²) < 4.78 is 32.9. The number of fused-ring (bicyclic) bond motifs is 2. The van der Waals surface area contributed by atoms with Crippen LogP contribution in [0.5, 0.6) is 0 Å². The van der Waals surface area contributed by atoms with Crippen LogP contribution in [0, 0.1) is 11.3 Å². The summed E-state index contributed by atoms with van der Waals surface area (Å²) in [5, 5.41) is 0.155. The molecule has 108 valence electrons. The molecule has 0 radical (unpaired) electrons. The van der Waals surface area contributed by atoms with Gasteiger partial charge in [0, 0.05) is 18.7 Å². The van der Waals surface area contributed by atoms with Gasteiger partial charge in [-0.05, 0) is 30.4 Å². The Morgan fingerprint density at radius 1 is 1.30 bits per heavy atom. The minimum absolute atomic E-state index is 0.00214. The molecular weight excluding hydrogens is 276 g/mol. The van der Waals surface area contributed by atoms with Gasteiger partial charge in [0.2, 0.25) is 0 Å². The van der Waals surface area contributed by atoms with Crippen LogP contribution in [0.1, 0.15) is 19.3 Å². The predicted octanol–water partition coefficient (Wildman–Crippen LogP) is 1.27. The van der Waals surface area contributed by atoms with Crippen LogP contribution in [0.2, 0.25) is 0 Å². The molecule has 0 N–H and O–H groups in total. The van der Waals surface area contributed by atoms with Crippen molar-refractivity contribution in [1.29, 1.82) is 0 Å². The van der Waals surface area contributed by atoms with Gasteiger partial charge in [-0.15, -0.1) is 0 Å². The molecule has 0 bridgehead atoms. The van der Waals surface area contributed by atoms with E-state index in [2.05, 4.69) is 4.98 Å². The summed E-state index contributed by atoms with van der Waals surface area (Å²) >= 11 is 0. The first kappa shape index (κ1) is 12.7. The fourth-order valence-corrected chi connectivity index (χ4v) is 5.68. The number of hydrogen-bond donors (Lipinski definition) is 0. The molecular formula is C14H18N2O3S. The van der Waals surface area contributed by atoms with E-state index in [0.717, 1.165) is 12.8 Å². The van der Waals surface area contributed by atoms with Crippen LogP contribution in [0.25, 0.3) is 0 Å². The minimum Gasteiger partial charge on any atom is -0.379 e. The van der Waals surface area contributed by atoms with E-state index in [1.807, 2.05) is 0 Å². The average molecular weight is 294 g/mol. The molecule has 0 amide bonds. The lowest BCUT2D eigenvalue weighted by atomic mass is 9.62. The van der Waals surface area contributed by atoms with Crippen LogP contribution in [-0.4, -0.2) is 43.5 Å². The molecule has 1 spiro atoms. The zero-order valence-corrected chi connectivity index (χ0v) is 12.1. The number of sulfonamides is 1. The third kappa shape index (κ3) is 1.61. The first-order chi connectivity index (χ1) is 9.63. The van der Waals surface area contributed by atoms with Gasteiger partial charge in [-0.25, -0.2) is 13.4 Å². The third-order valence-electron chi connectivity index (χ3n) is 5.24. The maximum atomic E-state index is 12.8. The molecule has 6 heteroatoms. The Morgan fingerprint density at radius 2 is 2.15 bits per heavy atom. The minimum atomic E-state index is -3.50. The largest absolute Gasteiger partial charge is 0.379 e. The molecule has 1 saturated carbocycles. The van der Waals surface area contributed by atoms with Crippen LogP contribution < -0.4 is 0 Å². The standard InChI is InChI=1S/C14H18N2O3S/c17-20(18,13-4-1-2-7-15-13)16-10-14(5-3-6-14)11-8-19-9-12(11)16/h1-2,4,7,11-12H,3,5-6,8-10H2/t11-,12-/m0/s1. The van der Waals surface area contributed by atoms with Crippen LogP contribution in [-0.2, 0) is 14.8 Å². The molecule has 0 unspecified atom stereocenters. The van der Waals surface area contributed by atoms with Gasteiger partial charge in [-0.2, -0.15) is 4.31 Å². The lowest BCUT2D eigenvalue weighted by Crippen LogP contribution is -2.40. The Hall–Kier alpha value is -0.980. The van der Waals surface area contributed by atoms with Crippen molar-refractivity contribution in [2.24, 2.45) is 11.3 Å². The molecule has 3 heterocycles. The summed E-state index contributed by atoms with van der Waals surface area (Å²) in [6.45, 7) is 1.88. The molecule has 2 saturated heterocycles. The van der Waals surface area contributed by atoms with E-state index >= 15 is 0 Å². The van der Waals surface area contributed by atoms with Crippen LogP contribution in [0.3, 0.4) is 0 Å². The van der Waals surface area contributed by atoms with E-state index in [0.29, 0.717) is 25.7 Å². The maximum Gasteiger partial charge on any atom is 0.260 e. The molecule has 20 heavy (non-hydrogen) atoms. The zero-order valence-electron chi connectivity index (χ0n) is 11.2. The number of hydrogen-bond acceptors (Lipinski definition) is 4. The van der Waals surface area contributed by atoms with E-state index in [4.69, 9.17) is 4.74 Å². The fourth-order valence-electron chi connectivity index (χ4n) is 4.00. The predicted molar refractivity (Wildman–Crippen MR) is 72.5 cm³/mol. The number of aromatic nitrogens is 1. The van der Waals surface area contributed by atoms with Gasteiger partial charge in [0.15, 0.2) is 5.03 Å². The lowest BCUT2D eigenvalue weighted by Gasteiger charge is -2.42. The zero-order chi connectivity index (χ0) is 13.8. The topological polar surface area (TPSA) is 59.5 Å². The van der Waals surface area contributed by atoms with E-state index in [1.54, 1.807) is 22.5 Å². The molecule has 3 aliphatic rings. The highest BCUT2D eigenvalue weighted by Crippen LogP contribution is 2.56. The van der Waals surface area contributed by atoms with Crippen molar-refractivity contribution >= 4 is 10.0 Å². The number of rotatable bonds is 2. The van der Waals surface area contributed by atoms with Gasteiger partial charge in [0.25, 0.3) is 10.0 Å². The fraction of sp³-hybridized carbons (Fsp3) is 0.643. The first-order valence-electron chi connectivity index (χ1n) is 7.14. The van der Waals surface area contributed by atoms with Crippen LogP contribution >= 0.6 is 0 Å². The molecule has 4 rings (SSSR count). The summed E-state index contributed by atoms with van der Waals surface area (Å²) in [5.74, 6) is 0.370. The normalized spacial score (nSPS) is 32.2. The van der Waals surface area contributed by atoms with Crippen molar-refractivity contribution in [2.75, 3.05) is 19.8 Å². The molecule has 2 atom stereocenters. The van der Waals surface area contributed by atoms with Crippen molar-refractivity contribution in [3.05, 3.63) is 24.4 Å². The summed E-state index contributed by atoms with van der Waals surface area (Å²) in [7, 11) is -3.50. The second kappa shape index (κ2) is 4.26. The Bertz CT molecular complexity index is 613. The molecule has 1 aromatic heterocycles. The van der Waals surface area contributed by atoms with Gasteiger partial charge < -0.3 is 4.74 Å². The monoisotopic (exact) mass is 294 g/mol. The van der Waals surface area contributed by atoms with E-state index < -0.39 is 10.0 Å².